The van der Waals surface area contributed by atoms with E-state index in [0.717, 1.165) is 37.6 Å². The van der Waals surface area contributed by atoms with Crippen LogP contribution in [0.25, 0.3) is 0 Å². The fourth-order valence-electron chi connectivity index (χ4n) is 3.47. The van der Waals surface area contributed by atoms with E-state index >= 15 is 0 Å². The molecule has 24 heavy (non-hydrogen) atoms. The van der Waals surface area contributed by atoms with Crippen molar-refractivity contribution in [3.63, 3.8) is 0 Å². The van der Waals surface area contributed by atoms with Gasteiger partial charge in [0.25, 0.3) is 0 Å². The van der Waals surface area contributed by atoms with Gasteiger partial charge in [-0.25, -0.2) is 9.78 Å². The number of methoxy groups -OCH3 is 1. The maximum Gasteiger partial charge on any atom is 0.341 e. The minimum Gasteiger partial charge on any atom is -0.465 e. The number of hydrogen-bond acceptors (Lipinski definition) is 5. The van der Waals surface area contributed by atoms with Crippen LogP contribution < -0.4 is 0 Å². The Bertz CT molecular complexity index is 704. The SMILES string of the molecule is COC(=O)c1cc(CN2CCC[C@H](Cc3nccn3C)C2)oc1C. The van der Waals surface area contributed by atoms with Gasteiger partial charge in [0.1, 0.15) is 22.9 Å². The predicted molar refractivity (Wildman–Crippen MR) is 89.7 cm³/mol. The molecule has 6 nitrogen and oxygen atoms in total. The molecule has 1 aliphatic rings. The van der Waals surface area contributed by atoms with Crippen molar-refractivity contribution in [1.82, 2.24) is 14.5 Å². The summed E-state index contributed by atoms with van der Waals surface area (Å²) in [6.45, 7) is 4.62. The summed E-state index contributed by atoms with van der Waals surface area (Å²) in [4.78, 5) is 18.5. The topological polar surface area (TPSA) is 60.5 Å². The van der Waals surface area contributed by atoms with E-state index in [2.05, 4.69) is 14.5 Å². The van der Waals surface area contributed by atoms with Gasteiger partial charge < -0.3 is 13.7 Å². The quantitative estimate of drug-likeness (QED) is 0.788. The van der Waals surface area contributed by atoms with Gasteiger partial charge in [-0.3, -0.25) is 4.90 Å². The summed E-state index contributed by atoms with van der Waals surface area (Å²) in [5, 5.41) is 0. The molecule has 3 heterocycles. The molecule has 0 aromatic carbocycles. The lowest BCUT2D eigenvalue weighted by molar-refractivity contribution is 0.0599. The Morgan fingerprint density at radius 2 is 2.33 bits per heavy atom. The predicted octanol–water partition coefficient (Wildman–Crippen LogP) is 2.56. The van der Waals surface area contributed by atoms with Crippen molar-refractivity contribution in [2.45, 2.75) is 32.7 Å². The zero-order chi connectivity index (χ0) is 17.1. The third-order valence-electron chi connectivity index (χ3n) is 4.75. The van der Waals surface area contributed by atoms with Crippen LogP contribution in [0.2, 0.25) is 0 Å². The van der Waals surface area contributed by atoms with E-state index < -0.39 is 0 Å². The first-order valence-electron chi connectivity index (χ1n) is 8.43. The van der Waals surface area contributed by atoms with E-state index in [9.17, 15) is 4.79 Å². The number of esters is 1. The number of rotatable bonds is 5. The molecule has 2 aromatic heterocycles. The van der Waals surface area contributed by atoms with Gasteiger partial charge in [-0.15, -0.1) is 0 Å². The lowest BCUT2D eigenvalue weighted by Crippen LogP contribution is -2.36. The van der Waals surface area contributed by atoms with Crippen molar-refractivity contribution < 1.29 is 13.9 Å². The second kappa shape index (κ2) is 7.21. The molecule has 1 atom stereocenters. The largest absolute Gasteiger partial charge is 0.465 e. The molecule has 2 aromatic rings. The number of nitrogens with zero attached hydrogens (tertiary/aromatic N) is 3. The van der Waals surface area contributed by atoms with Gasteiger partial charge in [0.2, 0.25) is 0 Å². The van der Waals surface area contributed by atoms with Crippen molar-refractivity contribution in [1.29, 1.82) is 0 Å². The van der Waals surface area contributed by atoms with Crippen LogP contribution in [-0.4, -0.2) is 40.6 Å². The minimum absolute atomic E-state index is 0.339. The molecule has 0 amide bonds. The molecule has 0 spiro atoms. The van der Waals surface area contributed by atoms with Crippen LogP contribution in [0, 0.1) is 12.8 Å². The van der Waals surface area contributed by atoms with Gasteiger partial charge in [0.15, 0.2) is 0 Å². The Balaban J connectivity index is 1.61. The first kappa shape index (κ1) is 16.8. The lowest BCUT2D eigenvalue weighted by Gasteiger charge is -2.32. The smallest absolute Gasteiger partial charge is 0.341 e. The van der Waals surface area contributed by atoms with E-state index in [1.54, 1.807) is 6.92 Å². The number of aromatic nitrogens is 2. The zero-order valence-corrected chi connectivity index (χ0v) is 14.6. The van der Waals surface area contributed by atoms with Gasteiger partial charge in [-0.1, -0.05) is 0 Å². The average Bonchev–Trinajstić information content (AvgIpc) is 3.13. The highest BCUT2D eigenvalue weighted by Crippen LogP contribution is 2.23. The molecule has 1 aliphatic heterocycles. The number of hydrogen-bond donors (Lipinski definition) is 0. The maximum atomic E-state index is 11.7. The van der Waals surface area contributed by atoms with Crippen LogP contribution in [0.3, 0.4) is 0 Å². The van der Waals surface area contributed by atoms with E-state index in [1.165, 1.54) is 20.0 Å². The molecule has 0 unspecified atom stereocenters. The molecule has 0 aliphatic carbocycles. The Hall–Kier alpha value is -2.08. The molecule has 1 fully saturated rings. The molecule has 0 bridgehead atoms. The van der Waals surface area contributed by atoms with Crippen LogP contribution in [0.4, 0.5) is 0 Å². The van der Waals surface area contributed by atoms with Crippen molar-refractivity contribution in [2.75, 3.05) is 20.2 Å². The Morgan fingerprint density at radius 3 is 3.04 bits per heavy atom. The number of piperidine rings is 1. The third-order valence-corrected chi connectivity index (χ3v) is 4.75. The minimum atomic E-state index is -0.339. The summed E-state index contributed by atoms with van der Waals surface area (Å²) in [6, 6.07) is 1.81. The normalized spacial score (nSPS) is 18.7. The van der Waals surface area contributed by atoms with E-state index in [1.807, 2.05) is 25.5 Å². The average molecular weight is 331 g/mol. The number of aryl methyl sites for hydroxylation is 2. The molecule has 130 valence electrons. The van der Waals surface area contributed by atoms with Crippen LogP contribution in [-0.2, 0) is 24.8 Å². The van der Waals surface area contributed by atoms with Crippen LogP contribution in [0.1, 0.15) is 40.5 Å². The molecular formula is C18H25N3O3. The van der Waals surface area contributed by atoms with Gasteiger partial charge in [0, 0.05) is 32.4 Å². The molecular weight excluding hydrogens is 306 g/mol. The van der Waals surface area contributed by atoms with Crippen molar-refractivity contribution in [2.24, 2.45) is 13.0 Å². The highest BCUT2D eigenvalue weighted by molar-refractivity contribution is 5.90. The Morgan fingerprint density at radius 1 is 1.50 bits per heavy atom. The summed E-state index contributed by atoms with van der Waals surface area (Å²) >= 11 is 0. The van der Waals surface area contributed by atoms with Crippen molar-refractivity contribution in [3.05, 3.63) is 41.4 Å². The Labute approximate surface area is 142 Å². The number of imidazole rings is 1. The summed E-state index contributed by atoms with van der Waals surface area (Å²) in [5.74, 6) is 2.86. The maximum absolute atomic E-state index is 11.7. The number of furan rings is 1. The first-order chi connectivity index (χ1) is 11.6. The second-order valence-corrected chi connectivity index (χ2v) is 6.58. The molecule has 6 heteroatoms. The standard InChI is InChI=1S/C18H25N3O3/c1-13-16(18(22)23-3)10-15(24-13)12-21-7-4-5-14(11-21)9-17-19-6-8-20(17)2/h6,8,10,14H,4-5,7,9,11-12H2,1-3H3/t14-/m1/s1. The number of ether oxygens (including phenoxy) is 1. The number of carbonyl (C=O) groups is 1. The van der Waals surface area contributed by atoms with Crippen molar-refractivity contribution >= 4 is 5.97 Å². The van der Waals surface area contributed by atoms with Crippen molar-refractivity contribution in [3.8, 4) is 0 Å². The summed E-state index contributed by atoms with van der Waals surface area (Å²) in [6.07, 6.45) is 7.27. The Kier molecular flexibility index (Phi) is 5.04. The fraction of sp³-hybridized carbons (Fsp3) is 0.556. The summed E-state index contributed by atoms with van der Waals surface area (Å²) < 4.78 is 12.6. The van der Waals surface area contributed by atoms with E-state index in [4.69, 9.17) is 9.15 Å². The zero-order valence-electron chi connectivity index (χ0n) is 14.6. The molecule has 0 saturated carbocycles. The van der Waals surface area contributed by atoms with E-state index in [-0.39, 0.29) is 5.97 Å². The lowest BCUT2D eigenvalue weighted by atomic mass is 9.94. The van der Waals surface area contributed by atoms with Gasteiger partial charge >= 0.3 is 5.97 Å². The first-order valence-corrected chi connectivity index (χ1v) is 8.43. The summed E-state index contributed by atoms with van der Waals surface area (Å²) in [7, 11) is 3.43. The fourth-order valence-corrected chi connectivity index (χ4v) is 3.47. The number of likely N-dealkylation sites (tertiary alicyclic amines) is 1. The third kappa shape index (κ3) is 3.70. The second-order valence-electron chi connectivity index (χ2n) is 6.58. The van der Waals surface area contributed by atoms with Gasteiger partial charge in [-0.2, -0.15) is 0 Å². The number of carbonyl (C=O) groups excluding carboxylic acids is 1. The molecule has 0 N–H and O–H groups in total. The van der Waals surface area contributed by atoms with Crippen LogP contribution in [0.15, 0.2) is 22.9 Å². The monoisotopic (exact) mass is 331 g/mol. The molecule has 0 radical (unpaired) electrons. The molecule has 3 rings (SSSR count). The van der Waals surface area contributed by atoms with E-state index in [0.29, 0.717) is 17.2 Å². The van der Waals surface area contributed by atoms with Gasteiger partial charge in [0.05, 0.1) is 13.7 Å². The molecule has 1 saturated heterocycles. The highest BCUT2D eigenvalue weighted by Gasteiger charge is 2.23. The van der Waals surface area contributed by atoms with Gasteiger partial charge in [-0.05, 0) is 38.3 Å². The van der Waals surface area contributed by atoms with Crippen LogP contribution in [0.5, 0.6) is 0 Å². The van der Waals surface area contributed by atoms with Crippen LogP contribution >= 0.6 is 0 Å². The summed E-state index contributed by atoms with van der Waals surface area (Å²) in [5.41, 5.74) is 0.522. The highest BCUT2D eigenvalue weighted by atomic mass is 16.5.